The number of aromatic nitrogens is 2. The summed E-state index contributed by atoms with van der Waals surface area (Å²) in [5.41, 5.74) is 3.94. The van der Waals surface area contributed by atoms with Crippen molar-refractivity contribution < 1.29 is 12.8 Å². The molecule has 0 bridgehead atoms. The zero-order valence-electron chi connectivity index (χ0n) is 22.5. The molecule has 1 aliphatic heterocycles. The number of rotatable bonds is 9. The Kier molecular flexibility index (Phi) is 8.37. The van der Waals surface area contributed by atoms with Crippen LogP contribution in [-0.4, -0.2) is 62.3 Å². The summed E-state index contributed by atoms with van der Waals surface area (Å²) in [5, 5.41) is 6.33. The van der Waals surface area contributed by atoms with Crippen molar-refractivity contribution in [1.29, 1.82) is 0 Å². The van der Waals surface area contributed by atoms with E-state index in [9.17, 15) is 12.8 Å². The van der Waals surface area contributed by atoms with E-state index < -0.39 is 10.0 Å². The van der Waals surface area contributed by atoms with Crippen molar-refractivity contribution in [3.63, 3.8) is 0 Å². The first kappa shape index (κ1) is 27.6. The highest BCUT2D eigenvalue weighted by atomic mass is 32.2. The number of halogens is 1. The van der Waals surface area contributed by atoms with Gasteiger partial charge in [-0.3, -0.25) is 4.72 Å². The first-order valence-electron chi connectivity index (χ1n) is 12.7. The summed E-state index contributed by atoms with van der Waals surface area (Å²) in [4.78, 5) is 13.2. The average Bonchev–Trinajstić information content (AvgIpc) is 2.83. The Hall–Kier alpha value is -3.44. The second kappa shape index (κ2) is 11.5. The van der Waals surface area contributed by atoms with E-state index in [2.05, 4.69) is 42.2 Å². The van der Waals surface area contributed by atoms with Crippen molar-refractivity contribution in [3.8, 4) is 0 Å². The van der Waals surface area contributed by atoms with E-state index in [-0.39, 0.29) is 17.5 Å². The maximum Gasteiger partial charge on any atom is 0.232 e. The Morgan fingerprint density at radius 1 is 0.974 bits per heavy atom. The van der Waals surface area contributed by atoms with Gasteiger partial charge in [0.25, 0.3) is 0 Å². The van der Waals surface area contributed by atoms with Gasteiger partial charge in [0.05, 0.1) is 17.1 Å². The SMILES string of the molecule is Cc1ccc(Nc2nc(Nc3ccc(N4CCN(C)CC4)c(F)c3)ncc2C)cc1NS(=O)(=O)CC(C)C. The van der Waals surface area contributed by atoms with Crippen molar-refractivity contribution in [2.45, 2.75) is 27.7 Å². The lowest BCUT2D eigenvalue weighted by atomic mass is 10.2. The van der Waals surface area contributed by atoms with Gasteiger partial charge < -0.3 is 20.4 Å². The molecule has 3 aromatic rings. The van der Waals surface area contributed by atoms with Gasteiger partial charge in [0.15, 0.2) is 0 Å². The third kappa shape index (κ3) is 7.11. The van der Waals surface area contributed by atoms with Crippen LogP contribution in [0.3, 0.4) is 0 Å². The molecular formula is C27H36FN7O2S. The van der Waals surface area contributed by atoms with Crippen LogP contribution < -0.4 is 20.3 Å². The molecule has 0 amide bonds. The van der Waals surface area contributed by atoms with Crippen LogP contribution in [-0.2, 0) is 10.0 Å². The normalized spacial score (nSPS) is 14.6. The topological polar surface area (TPSA) is 102 Å². The van der Waals surface area contributed by atoms with Gasteiger partial charge in [-0.2, -0.15) is 4.98 Å². The number of aryl methyl sites for hydroxylation is 2. The molecule has 1 aromatic heterocycles. The highest BCUT2D eigenvalue weighted by Gasteiger charge is 2.18. The van der Waals surface area contributed by atoms with Crippen molar-refractivity contribution in [3.05, 3.63) is 59.5 Å². The number of nitrogens with one attached hydrogen (secondary N) is 3. The van der Waals surface area contributed by atoms with Crippen molar-refractivity contribution in [2.24, 2.45) is 5.92 Å². The molecule has 38 heavy (non-hydrogen) atoms. The summed E-state index contributed by atoms with van der Waals surface area (Å²) in [7, 11) is -1.39. The van der Waals surface area contributed by atoms with Gasteiger partial charge in [0.1, 0.15) is 11.6 Å². The van der Waals surface area contributed by atoms with Crippen LogP contribution >= 0.6 is 0 Å². The predicted octanol–water partition coefficient (Wildman–Crippen LogP) is 4.87. The zero-order chi connectivity index (χ0) is 27.4. The van der Waals surface area contributed by atoms with E-state index in [0.29, 0.717) is 34.5 Å². The van der Waals surface area contributed by atoms with Gasteiger partial charge in [-0.05, 0) is 62.7 Å². The molecule has 0 radical (unpaired) electrons. The smallest absolute Gasteiger partial charge is 0.232 e. The van der Waals surface area contributed by atoms with Crippen LogP contribution in [0.2, 0.25) is 0 Å². The lowest BCUT2D eigenvalue weighted by Gasteiger charge is -2.34. The first-order valence-corrected chi connectivity index (χ1v) is 14.4. The van der Waals surface area contributed by atoms with E-state index >= 15 is 0 Å². The highest BCUT2D eigenvalue weighted by Crippen LogP contribution is 2.28. The zero-order valence-corrected chi connectivity index (χ0v) is 23.4. The molecule has 11 heteroatoms. The van der Waals surface area contributed by atoms with E-state index in [1.165, 1.54) is 6.07 Å². The maximum absolute atomic E-state index is 14.9. The van der Waals surface area contributed by atoms with Gasteiger partial charge in [0.2, 0.25) is 16.0 Å². The molecule has 3 N–H and O–H groups in total. The molecular weight excluding hydrogens is 505 g/mol. The molecule has 0 spiro atoms. The lowest BCUT2D eigenvalue weighted by Crippen LogP contribution is -2.44. The van der Waals surface area contributed by atoms with Crippen LogP contribution in [0.4, 0.5) is 38.9 Å². The summed E-state index contributed by atoms with van der Waals surface area (Å²) < 4.78 is 42.5. The van der Waals surface area contributed by atoms with Gasteiger partial charge in [-0.1, -0.05) is 19.9 Å². The number of hydrogen-bond donors (Lipinski definition) is 3. The van der Waals surface area contributed by atoms with Crippen LogP contribution in [0.15, 0.2) is 42.6 Å². The summed E-state index contributed by atoms with van der Waals surface area (Å²) in [5.74, 6) is 0.630. The number of hydrogen-bond acceptors (Lipinski definition) is 8. The summed E-state index contributed by atoms with van der Waals surface area (Å²) >= 11 is 0. The standard InChI is InChI=1S/C27H36FN7O2S/c1-18(2)17-38(36,37)33-24-15-22(7-6-19(24)3)30-26-20(4)16-29-27(32-26)31-21-8-9-25(23(28)14-21)35-12-10-34(5)11-13-35/h6-9,14-16,18,33H,10-13,17H2,1-5H3,(H2,29,30,31,32). The van der Waals surface area contributed by atoms with E-state index in [1.54, 1.807) is 18.3 Å². The monoisotopic (exact) mass is 541 g/mol. The van der Waals surface area contributed by atoms with Crippen molar-refractivity contribution >= 4 is 44.5 Å². The van der Waals surface area contributed by atoms with Gasteiger partial charge in [0, 0.05) is 49.3 Å². The Labute approximate surface area is 224 Å². The van der Waals surface area contributed by atoms with Crippen LogP contribution in [0.1, 0.15) is 25.0 Å². The average molecular weight is 542 g/mol. The fourth-order valence-electron chi connectivity index (χ4n) is 4.24. The minimum absolute atomic E-state index is 0.0140. The number of nitrogens with zero attached hydrogens (tertiary/aromatic N) is 4. The summed E-state index contributed by atoms with van der Waals surface area (Å²) in [6.45, 7) is 10.8. The number of likely N-dealkylation sites (N-methyl/N-ethyl adjacent to an activating group) is 1. The van der Waals surface area contributed by atoms with E-state index in [4.69, 9.17) is 0 Å². The quantitative estimate of drug-likeness (QED) is 0.353. The second-order valence-corrected chi connectivity index (χ2v) is 12.0. The Bertz CT molecular complexity index is 1390. The molecule has 2 heterocycles. The largest absolute Gasteiger partial charge is 0.367 e. The number of piperazine rings is 1. The highest BCUT2D eigenvalue weighted by molar-refractivity contribution is 7.92. The Morgan fingerprint density at radius 3 is 2.34 bits per heavy atom. The molecule has 0 atom stereocenters. The van der Waals surface area contributed by atoms with Gasteiger partial charge >= 0.3 is 0 Å². The lowest BCUT2D eigenvalue weighted by molar-refractivity contribution is 0.311. The molecule has 1 aliphatic rings. The molecule has 1 saturated heterocycles. The molecule has 0 unspecified atom stereocenters. The van der Waals surface area contributed by atoms with Gasteiger partial charge in [-0.25, -0.2) is 17.8 Å². The van der Waals surface area contributed by atoms with Crippen LogP contribution in [0, 0.1) is 25.6 Å². The third-order valence-corrected chi connectivity index (χ3v) is 7.97. The Morgan fingerprint density at radius 2 is 1.66 bits per heavy atom. The fourth-order valence-corrected chi connectivity index (χ4v) is 5.76. The Balaban J connectivity index is 1.49. The van der Waals surface area contributed by atoms with E-state index in [0.717, 1.165) is 37.3 Å². The van der Waals surface area contributed by atoms with Gasteiger partial charge in [-0.15, -0.1) is 0 Å². The second-order valence-electron chi connectivity index (χ2n) is 10.2. The molecule has 1 fully saturated rings. The molecule has 4 rings (SSSR count). The molecule has 0 saturated carbocycles. The maximum atomic E-state index is 14.9. The fraction of sp³-hybridized carbons (Fsp3) is 0.407. The molecule has 2 aromatic carbocycles. The minimum atomic E-state index is -3.46. The van der Waals surface area contributed by atoms with Crippen molar-refractivity contribution in [2.75, 3.05) is 59.2 Å². The minimum Gasteiger partial charge on any atom is -0.367 e. The van der Waals surface area contributed by atoms with Crippen LogP contribution in [0.5, 0.6) is 0 Å². The molecule has 204 valence electrons. The number of benzene rings is 2. The van der Waals surface area contributed by atoms with Crippen LogP contribution in [0.25, 0.3) is 0 Å². The summed E-state index contributed by atoms with van der Waals surface area (Å²) in [6.07, 6.45) is 1.67. The number of sulfonamides is 1. The first-order chi connectivity index (χ1) is 18.0. The number of anilines is 6. The van der Waals surface area contributed by atoms with Crippen molar-refractivity contribution in [1.82, 2.24) is 14.9 Å². The predicted molar refractivity (Wildman–Crippen MR) is 153 cm³/mol. The molecule has 0 aliphatic carbocycles. The van der Waals surface area contributed by atoms with E-state index in [1.807, 2.05) is 45.9 Å². The summed E-state index contributed by atoms with van der Waals surface area (Å²) in [6, 6.07) is 10.5. The molecule has 9 nitrogen and oxygen atoms in total. The third-order valence-electron chi connectivity index (χ3n) is 6.34.